The molecule has 0 spiro atoms. The lowest BCUT2D eigenvalue weighted by Crippen LogP contribution is -2.36. The Morgan fingerprint density at radius 1 is 1.56 bits per heavy atom. The third-order valence-electron chi connectivity index (χ3n) is 3.75. The van der Waals surface area contributed by atoms with Gasteiger partial charge < -0.3 is 14.7 Å². The Bertz CT molecular complexity index is 717. The van der Waals surface area contributed by atoms with Gasteiger partial charge in [-0.2, -0.15) is 0 Å². The van der Waals surface area contributed by atoms with Crippen LogP contribution in [0.5, 0.6) is 0 Å². The summed E-state index contributed by atoms with van der Waals surface area (Å²) in [4.78, 5) is 33.8. The van der Waals surface area contributed by atoms with Gasteiger partial charge in [-0.25, -0.2) is 9.78 Å². The molecular weight excluding hydrogens is 364 g/mol. The van der Waals surface area contributed by atoms with E-state index in [2.05, 4.69) is 14.7 Å². The van der Waals surface area contributed by atoms with Crippen LogP contribution in [0.2, 0.25) is 0 Å². The van der Waals surface area contributed by atoms with E-state index in [9.17, 15) is 9.59 Å². The van der Waals surface area contributed by atoms with Crippen LogP contribution in [0, 0.1) is 0 Å². The second-order valence-corrected chi connectivity index (χ2v) is 7.14. The van der Waals surface area contributed by atoms with Crippen LogP contribution in [-0.4, -0.2) is 64.3 Å². The third kappa shape index (κ3) is 4.02. The van der Waals surface area contributed by atoms with Crippen molar-refractivity contribution in [3.8, 4) is 0 Å². The summed E-state index contributed by atoms with van der Waals surface area (Å²) in [6.45, 7) is 2.96. The normalized spacial score (nSPS) is 19.6. The van der Waals surface area contributed by atoms with Gasteiger partial charge in [0.25, 0.3) is 0 Å². The average molecular weight is 382 g/mol. The number of hydrogen-bond acceptors (Lipinski definition) is 9. The molecule has 25 heavy (non-hydrogen) atoms. The monoisotopic (exact) mass is 382 g/mol. The molecule has 0 aliphatic carbocycles. The first kappa shape index (κ1) is 17.9. The number of aliphatic carboxylic acids is 1. The Morgan fingerprint density at radius 2 is 2.40 bits per heavy atom. The fourth-order valence-electron chi connectivity index (χ4n) is 2.79. The molecule has 1 unspecified atom stereocenters. The summed E-state index contributed by atoms with van der Waals surface area (Å²) in [5, 5.41) is 11.5. The van der Waals surface area contributed by atoms with E-state index in [4.69, 9.17) is 9.84 Å². The second kappa shape index (κ2) is 7.98. The Morgan fingerprint density at radius 3 is 3.08 bits per heavy atom. The van der Waals surface area contributed by atoms with Gasteiger partial charge in [0, 0.05) is 36.3 Å². The number of ether oxygens (including phenoxy) is 1. The van der Waals surface area contributed by atoms with Gasteiger partial charge in [-0.3, -0.25) is 14.5 Å². The number of aliphatic imine (C=N–C) groups is 1. The fraction of sp³-hybridized carbons (Fsp3) is 0.467. The molecule has 1 atom stereocenters. The van der Waals surface area contributed by atoms with Crippen molar-refractivity contribution in [2.24, 2.45) is 4.99 Å². The first-order valence-electron chi connectivity index (χ1n) is 7.80. The van der Waals surface area contributed by atoms with Crippen LogP contribution in [0.3, 0.4) is 0 Å². The zero-order valence-corrected chi connectivity index (χ0v) is 15.2. The van der Waals surface area contributed by atoms with E-state index in [1.165, 1.54) is 11.3 Å². The molecule has 1 fully saturated rings. The number of carbonyl (C=O) groups is 2. The lowest BCUT2D eigenvalue weighted by Gasteiger charge is -2.26. The number of hydrogen-bond donors (Lipinski definition) is 2. The number of amidine groups is 1. The lowest BCUT2D eigenvalue weighted by atomic mass is 10.1. The maximum absolute atomic E-state index is 12.3. The summed E-state index contributed by atoms with van der Waals surface area (Å²) in [6, 6.07) is 0.0204. The molecule has 1 aromatic heterocycles. The molecular formula is C15H18N4O4S2. The molecule has 2 aliphatic heterocycles. The number of carboxylic acid groups (broad SMARTS) is 1. The Hall–Kier alpha value is -1.91. The maximum atomic E-state index is 12.3. The predicted molar refractivity (Wildman–Crippen MR) is 95.5 cm³/mol. The van der Waals surface area contributed by atoms with Gasteiger partial charge in [-0.1, -0.05) is 11.9 Å². The number of thiazole rings is 1. The van der Waals surface area contributed by atoms with Crippen molar-refractivity contribution in [3.05, 3.63) is 27.9 Å². The molecule has 3 rings (SSSR count). The number of fused-ring (bicyclic) bond motifs is 1. The van der Waals surface area contributed by atoms with Crippen LogP contribution in [-0.2, 0) is 14.3 Å². The van der Waals surface area contributed by atoms with Gasteiger partial charge in [0.05, 0.1) is 18.7 Å². The highest BCUT2D eigenvalue weighted by Gasteiger charge is 2.37. The summed E-state index contributed by atoms with van der Waals surface area (Å²) in [5.41, 5.74) is 1.45. The molecule has 3 heterocycles. The molecule has 8 nitrogen and oxygen atoms in total. The quantitative estimate of drug-likeness (QED) is 0.534. The molecule has 0 bridgehead atoms. The van der Waals surface area contributed by atoms with Crippen LogP contribution < -0.4 is 4.72 Å². The lowest BCUT2D eigenvalue weighted by molar-refractivity contribution is -0.138. The first-order valence-corrected chi connectivity index (χ1v) is 9.66. The van der Waals surface area contributed by atoms with Crippen molar-refractivity contribution < 1.29 is 19.4 Å². The third-order valence-corrected chi connectivity index (χ3v) is 5.41. The van der Waals surface area contributed by atoms with Gasteiger partial charge in [-0.15, -0.1) is 11.3 Å². The molecule has 0 aromatic carbocycles. The Kier molecular flexibility index (Phi) is 5.71. The summed E-state index contributed by atoms with van der Waals surface area (Å²) in [6.07, 6.45) is 2.34. The van der Waals surface area contributed by atoms with Crippen molar-refractivity contribution in [2.45, 2.75) is 19.4 Å². The molecule has 1 aromatic rings. The minimum Gasteiger partial charge on any atom is -0.481 e. The van der Waals surface area contributed by atoms with Crippen LogP contribution in [0.25, 0.3) is 0 Å². The summed E-state index contributed by atoms with van der Waals surface area (Å²) in [7, 11) is 0. The number of nitrogens with zero attached hydrogens (tertiary/aromatic N) is 3. The van der Waals surface area contributed by atoms with Gasteiger partial charge in [0.15, 0.2) is 10.8 Å². The van der Waals surface area contributed by atoms with Crippen molar-refractivity contribution >= 4 is 41.1 Å². The van der Waals surface area contributed by atoms with Crippen LogP contribution in [0.1, 0.15) is 18.4 Å². The van der Waals surface area contributed by atoms with Crippen molar-refractivity contribution in [1.29, 1.82) is 0 Å². The molecule has 134 valence electrons. The highest BCUT2D eigenvalue weighted by atomic mass is 32.2. The Balaban J connectivity index is 1.80. The largest absolute Gasteiger partial charge is 0.481 e. The smallest absolute Gasteiger partial charge is 0.337 e. The highest BCUT2D eigenvalue weighted by molar-refractivity contribution is 7.98. The highest BCUT2D eigenvalue weighted by Crippen LogP contribution is 2.32. The predicted octanol–water partition coefficient (Wildman–Crippen LogP) is 1.12. The van der Waals surface area contributed by atoms with E-state index in [1.807, 2.05) is 10.3 Å². The molecule has 10 heteroatoms. The zero-order valence-electron chi connectivity index (χ0n) is 13.6. The summed E-state index contributed by atoms with van der Waals surface area (Å²) in [5.74, 6) is -0.480. The summed E-state index contributed by atoms with van der Waals surface area (Å²) < 4.78 is 8.32. The van der Waals surface area contributed by atoms with Crippen LogP contribution in [0.4, 0.5) is 0 Å². The van der Waals surface area contributed by atoms with E-state index in [-0.39, 0.29) is 24.3 Å². The topological polar surface area (TPSA) is 104 Å². The van der Waals surface area contributed by atoms with E-state index in [0.29, 0.717) is 25.1 Å². The van der Waals surface area contributed by atoms with Gasteiger partial charge >= 0.3 is 11.9 Å². The minimum atomic E-state index is -0.871. The number of aromatic nitrogens is 1. The Labute approximate surface area is 153 Å². The molecule has 2 aliphatic rings. The van der Waals surface area contributed by atoms with Crippen LogP contribution >= 0.6 is 23.3 Å². The van der Waals surface area contributed by atoms with Crippen molar-refractivity contribution in [2.75, 3.05) is 25.4 Å². The van der Waals surface area contributed by atoms with E-state index in [1.54, 1.807) is 13.1 Å². The maximum Gasteiger partial charge on any atom is 0.337 e. The molecule has 1 saturated heterocycles. The number of carbonyl (C=O) groups excluding carboxylic acids is 1. The number of esters is 1. The summed E-state index contributed by atoms with van der Waals surface area (Å²) >= 11 is 2.65. The first-order chi connectivity index (χ1) is 12.1. The number of carboxylic acids is 1. The van der Waals surface area contributed by atoms with E-state index < -0.39 is 5.97 Å². The zero-order chi connectivity index (χ0) is 17.8. The number of rotatable bonds is 7. The minimum absolute atomic E-state index is 0.0201. The fourth-order valence-corrected chi connectivity index (χ4v) is 4.04. The van der Waals surface area contributed by atoms with Crippen molar-refractivity contribution in [1.82, 2.24) is 14.6 Å². The van der Waals surface area contributed by atoms with Gasteiger partial charge in [0.1, 0.15) is 5.75 Å². The van der Waals surface area contributed by atoms with Gasteiger partial charge in [0.2, 0.25) is 0 Å². The molecule has 0 amide bonds. The van der Waals surface area contributed by atoms with Crippen molar-refractivity contribution in [3.63, 3.8) is 0 Å². The second-order valence-electron chi connectivity index (χ2n) is 5.43. The SMILES string of the molecule is CCOC(=O)C1=C2CC(NSCC(=O)O)CN2C(c2nccs2)=NC1. The van der Waals surface area contributed by atoms with Crippen LogP contribution in [0.15, 0.2) is 27.8 Å². The standard InChI is InChI=1S/C15H18N4O4S2/c1-2-23-15(22)10-6-17-13(14-16-3-4-24-14)19-7-9(5-11(10)19)18-25-8-12(20)21/h3-4,9,18H,2,5-8H2,1H3,(H,20,21). The molecule has 0 saturated carbocycles. The molecule has 0 radical (unpaired) electrons. The number of nitrogens with one attached hydrogen (secondary N) is 1. The van der Waals surface area contributed by atoms with Gasteiger partial charge in [-0.05, 0) is 6.92 Å². The van der Waals surface area contributed by atoms with E-state index >= 15 is 0 Å². The van der Waals surface area contributed by atoms with E-state index in [0.717, 1.165) is 28.5 Å². The average Bonchev–Trinajstić information content (AvgIpc) is 3.23. The molecule has 2 N–H and O–H groups in total.